The average Bonchev–Trinajstić information content (AvgIpc) is 3.11. The first-order valence-corrected chi connectivity index (χ1v) is 9.54. The smallest absolute Gasteiger partial charge is 0.337 e. The van der Waals surface area contributed by atoms with Gasteiger partial charge in [0.15, 0.2) is 11.2 Å². The molecule has 1 heterocycles. The van der Waals surface area contributed by atoms with Gasteiger partial charge in [0, 0.05) is 13.7 Å². The van der Waals surface area contributed by atoms with Crippen LogP contribution >= 0.6 is 11.3 Å². The van der Waals surface area contributed by atoms with Gasteiger partial charge >= 0.3 is 5.97 Å². The molecule has 3 aromatic rings. The molecule has 27 heavy (non-hydrogen) atoms. The zero-order valence-electron chi connectivity index (χ0n) is 15.3. The van der Waals surface area contributed by atoms with Crippen LogP contribution in [0.15, 0.2) is 48.5 Å². The van der Waals surface area contributed by atoms with Crippen molar-refractivity contribution in [1.29, 1.82) is 0 Å². The van der Waals surface area contributed by atoms with E-state index in [0.29, 0.717) is 31.1 Å². The van der Waals surface area contributed by atoms with Gasteiger partial charge in [-0.05, 0) is 36.8 Å². The summed E-state index contributed by atoms with van der Waals surface area (Å²) < 4.78 is 12.2. The van der Waals surface area contributed by atoms with E-state index in [1.54, 1.807) is 42.5 Å². The lowest BCUT2D eigenvalue weighted by Crippen LogP contribution is -2.23. The number of hydrogen-bond donors (Lipinski definition) is 1. The standard InChI is InChI=1S/C20H22N2O4S/c1-3-25-18(19(23)24)14-8-10-15(11-9-14)26-13-12-22(2)20-21-16-6-4-5-7-17(16)27-20/h4-11,18H,3,12-13H2,1-2H3,(H,23,24). The van der Waals surface area contributed by atoms with E-state index in [-0.39, 0.29) is 0 Å². The Hall–Kier alpha value is -2.64. The van der Waals surface area contributed by atoms with Crippen molar-refractivity contribution in [3.63, 3.8) is 0 Å². The topological polar surface area (TPSA) is 71.9 Å². The monoisotopic (exact) mass is 386 g/mol. The Kier molecular flexibility index (Phi) is 6.26. The molecule has 1 atom stereocenters. The van der Waals surface area contributed by atoms with Crippen molar-refractivity contribution in [3.8, 4) is 5.75 Å². The predicted molar refractivity (Wildman–Crippen MR) is 107 cm³/mol. The van der Waals surface area contributed by atoms with Crippen molar-refractivity contribution in [2.24, 2.45) is 0 Å². The third kappa shape index (κ3) is 4.75. The number of carboxylic acid groups (broad SMARTS) is 1. The lowest BCUT2D eigenvalue weighted by Gasteiger charge is -2.16. The van der Waals surface area contributed by atoms with Crippen LogP contribution in [-0.2, 0) is 9.53 Å². The first kappa shape index (κ1) is 19.1. The number of carbonyl (C=O) groups is 1. The number of aromatic nitrogens is 1. The summed E-state index contributed by atoms with van der Waals surface area (Å²) in [5.41, 5.74) is 1.60. The summed E-state index contributed by atoms with van der Waals surface area (Å²) in [6, 6.07) is 15.0. The van der Waals surface area contributed by atoms with Crippen LogP contribution in [0.25, 0.3) is 10.2 Å². The second-order valence-corrected chi connectivity index (χ2v) is 6.99. The fourth-order valence-electron chi connectivity index (χ4n) is 2.63. The number of benzene rings is 2. The SMILES string of the molecule is CCOC(C(=O)O)c1ccc(OCCN(C)c2nc3ccccc3s2)cc1. The third-order valence-electron chi connectivity index (χ3n) is 4.05. The van der Waals surface area contributed by atoms with Gasteiger partial charge in [-0.15, -0.1) is 0 Å². The highest BCUT2D eigenvalue weighted by Crippen LogP contribution is 2.27. The summed E-state index contributed by atoms with van der Waals surface area (Å²) in [7, 11) is 1.99. The zero-order chi connectivity index (χ0) is 19.2. The lowest BCUT2D eigenvalue weighted by atomic mass is 10.1. The van der Waals surface area contributed by atoms with Crippen molar-refractivity contribution in [2.45, 2.75) is 13.0 Å². The van der Waals surface area contributed by atoms with Crippen molar-refractivity contribution < 1.29 is 19.4 Å². The molecule has 6 nitrogen and oxygen atoms in total. The quantitative estimate of drug-likeness (QED) is 0.600. The largest absolute Gasteiger partial charge is 0.492 e. The zero-order valence-corrected chi connectivity index (χ0v) is 16.1. The molecule has 2 aromatic carbocycles. The predicted octanol–water partition coefficient (Wildman–Crippen LogP) is 3.97. The summed E-state index contributed by atoms with van der Waals surface area (Å²) in [6.45, 7) is 3.31. The van der Waals surface area contributed by atoms with E-state index < -0.39 is 12.1 Å². The Bertz CT molecular complexity index is 861. The number of thiazole rings is 1. The number of anilines is 1. The molecule has 0 spiro atoms. The van der Waals surface area contributed by atoms with Crippen LogP contribution in [0.1, 0.15) is 18.6 Å². The first-order chi connectivity index (χ1) is 13.1. The molecule has 0 fully saturated rings. The van der Waals surface area contributed by atoms with Crippen LogP contribution < -0.4 is 9.64 Å². The highest BCUT2D eigenvalue weighted by molar-refractivity contribution is 7.22. The van der Waals surface area contributed by atoms with Gasteiger partial charge in [0.1, 0.15) is 12.4 Å². The van der Waals surface area contributed by atoms with Gasteiger partial charge < -0.3 is 19.5 Å². The van der Waals surface area contributed by atoms with E-state index in [2.05, 4.69) is 16.0 Å². The minimum Gasteiger partial charge on any atom is -0.492 e. The van der Waals surface area contributed by atoms with Crippen molar-refractivity contribution in [2.75, 3.05) is 31.7 Å². The fourth-order valence-corrected chi connectivity index (χ4v) is 3.59. The average molecular weight is 386 g/mol. The van der Waals surface area contributed by atoms with Crippen LogP contribution in [0.3, 0.4) is 0 Å². The molecular weight excluding hydrogens is 364 g/mol. The van der Waals surface area contributed by atoms with E-state index in [1.807, 2.05) is 25.2 Å². The molecule has 0 saturated heterocycles. The fraction of sp³-hybridized carbons (Fsp3) is 0.300. The molecule has 1 N–H and O–H groups in total. The summed E-state index contributed by atoms with van der Waals surface area (Å²) in [4.78, 5) is 17.9. The number of carboxylic acids is 1. The van der Waals surface area contributed by atoms with Gasteiger partial charge in [0.2, 0.25) is 0 Å². The minimum atomic E-state index is -0.997. The molecule has 7 heteroatoms. The normalized spacial score (nSPS) is 12.1. The van der Waals surface area contributed by atoms with E-state index in [0.717, 1.165) is 15.3 Å². The number of nitrogens with zero attached hydrogens (tertiary/aromatic N) is 2. The molecule has 0 amide bonds. The van der Waals surface area contributed by atoms with Crippen LogP contribution in [0, 0.1) is 0 Å². The molecule has 0 saturated carbocycles. The minimum absolute atomic E-state index is 0.341. The number of rotatable bonds is 9. The second-order valence-electron chi connectivity index (χ2n) is 5.98. The van der Waals surface area contributed by atoms with Crippen LogP contribution in [-0.4, -0.2) is 42.9 Å². The van der Waals surface area contributed by atoms with Gasteiger partial charge in [-0.1, -0.05) is 35.6 Å². The summed E-state index contributed by atoms with van der Waals surface area (Å²) in [5, 5.41) is 10.2. The van der Waals surface area contributed by atoms with Crippen molar-refractivity contribution in [3.05, 3.63) is 54.1 Å². The molecule has 142 valence electrons. The number of likely N-dealkylation sites (N-methyl/N-ethyl adjacent to an activating group) is 1. The second kappa shape index (κ2) is 8.83. The summed E-state index contributed by atoms with van der Waals surface area (Å²) >= 11 is 1.65. The van der Waals surface area contributed by atoms with Gasteiger partial charge in [-0.2, -0.15) is 0 Å². The maximum absolute atomic E-state index is 11.3. The van der Waals surface area contributed by atoms with Crippen LogP contribution in [0.2, 0.25) is 0 Å². The highest BCUT2D eigenvalue weighted by atomic mass is 32.1. The summed E-state index contributed by atoms with van der Waals surface area (Å²) in [5.74, 6) is -0.305. The van der Waals surface area contributed by atoms with Crippen molar-refractivity contribution in [1.82, 2.24) is 4.98 Å². The maximum atomic E-state index is 11.3. The van der Waals surface area contributed by atoms with E-state index >= 15 is 0 Å². The van der Waals surface area contributed by atoms with Crippen molar-refractivity contribution >= 4 is 32.7 Å². The molecule has 1 unspecified atom stereocenters. The number of ether oxygens (including phenoxy) is 2. The Morgan fingerprint density at radius 3 is 2.63 bits per heavy atom. The molecule has 1 aromatic heterocycles. The lowest BCUT2D eigenvalue weighted by molar-refractivity contribution is -0.150. The molecule has 0 radical (unpaired) electrons. The molecule has 0 aliphatic rings. The number of fused-ring (bicyclic) bond motifs is 1. The van der Waals surface area contributed by atoms with Crippen LogP contribution in [0.4, 0.5) is 5.13 Å². The highest BCUT2D eigenvalue weighted by Gasteiger charge is 2.19. The molecule has 0 aliphatic heterocycles. The van der Waals surface area contributed by atoms with Gasteiger partial charge in [-0.3, -0.25) is 0 Å². The number of para-hydroxylation sites is 1. The van der Waals surface area contributed by atoms with E-state index in [9.17, 15) is 9.90 Å². The van der Waals surface area contributed by atoms with Gasteiger partial charge in [0.05, 0.1) is 16.8 Å². The molecular formula is C20H22N2O4S. The molecule has 0 aliphatic carbocycles. The van der Waals surface area contributed by atoms with Gasteiger partial charge in [-0.25, -0.2) is 9.78 Å². The Labute approximate surface area is 162 Å². The Balaban J connectivity index is 1.54. The van der Waals surface area contributed by atoms with E-state index in [1.165, 1.54) is 0 Å². The maximum Gasteiger partial charge on any atom is 0.337 e. The molecule has 0 bridgehead atoms. The molecule has 3 rings (SSSR count). The Morgan fingerprint density at radius 2 is 1.96 bits per heavy atom. The van der Waals surface area contributed by atoms with Crippen LogP contribution in [0.5, 0.6) is 5.75 Å². The first-order valence-electron chi connectivity index (χ1n) is 8.72. The Morgan fingerprint density at radius 1 is 1.22 bits per heavy atom. The number of hydrogen-bond acceptors (Lipinski definition) is 6. The van der Waals surface area contributed by atoms with Gasteiger partial charge in [0.25, 0.3) is 0 Å². The van der Waals surface area contributed by atoms with E-state index in [4.69, 9.17) is 9.47 Å². The number of aliphatic carboxylic acids is 1. The summed E-state index contributed by atoms with van der Waals surface area (Å²) in [6.07, 6.45) is -0.950. The third-order valence-corrected chi connectivity index (χ3v) is 5.20.